The van der Waals surface area contributed by atoms with E-state index in [9.17, 15) is 4.79 Å². The van der Waals surface area contributed by atoms with E-state index in [4.69, 9.17) is 14.1 Å². The Morgan fingerprint density at radius 1 is 0.939 bits per heavy atom. The number of nitrogens with zero attached hydrogens (tertiary/aromatic N) is 1. The van der Waals surface area contributed by atoms with E-state index in [1.54, 1.807) is 11.3 Å². The van der Waals surface area contributed by atoms with E-state index in [-0.39, 0.29) is 5.04 Å². The molecule has 176 valence electrons. The minimum Gasteiger partial charge on any atom is -0.444 e. The van der Waals surface area contributed by atoms with Gasteiger partial charge in [0.05, 0.1) is 18.8 Å². The average molecular weight is 483 g/mol. The molecule has 3 rings (SSSR count). The van der Waals surface area contributed by atoms with Crippen LogP contribution in [0.1, 0.15) is 52.2 Å². The molecule has 1 heterocycles. The Morgan fingerprint density at radius 2 is 1.48 bits per heavy atom. The van der Waals surface area contributed by atoms with Gasteiger partial charge in [-0.2, -0.15) is 0 Å². The predicted octanol–water partition coefficient (Wildman–Crippen LogP) is 5.24. The second kappa shape index (κ2) is 10.2. The molecule has 0 aliphatic heterocycles. The molecular formula is C26H34N2O3SSi. The van der Waals surface area contributed by atoms with E-state index in [2.05, 4.69) is 74.6 Å². The molecule has 1 aromatic heterocycles. The van der Waals surface area contributed by atoms with Gasteiger partial charge in [0.1, 0.15) is 10.6 Å². The molecule has 1 N–H and O–H groups in total. The standard InChI is InChI=1S/C26H34N2O3SSi/c1-25(2,3)31-24(29)27-17-20-19-32-23(28-20)18-30-33(26(4,5)6,21-13-9-7-10-14-21)22-15-11-8-12-16-22/h7-16,19H,17-18H2,1-6H3,(H,27,29). The molecule has 0 fully saturated rings. The Hall–Kier alpha value is -2.48. The number of nitrogens with one attached hydrogen (secondary N) is 1. The monoisotopic (exact) mass is 482 g/mol. The van der Waals surface area contributed by atoms with Crippen molar-refractivity contribution in [3.05, 3.63) is 76.7 Å². The maximum absolute atomic E-state index is 11.9. The second-order valence-corrected chi connectivity index (χ2v) is 15.3. The average Bonchev–Trinajstić information content (AvgIpc) is 3.20. The first-order chi connectivity index (χ1) is 15.5. The Balaban J connectivity index is 1.81. The molecule has 5 nitrogen and oxygen atoms in total. The summed E-state index contributed by atoms with van der Waals surface area (Å²) in [5.74, 6) is 0. The van der Waals surface area contributed by atoms with Crippen molar-refractivity contribution >= 4 is 36.1 Å². The van der Waals surface area contributed by atoms with E-state index < -0.39 is 20.0 Å². The van der Waals surface area contributed by atoms with Crippen LogP contribution >= 0.6 is 11.3 Å². The third-order valence-electron chi connectivity index (χ3n) is 5.24. The predicted molar refractivity (Wildman–Crippen MR) is 138 cm³/mol. The lowest BCUT2D eigenvalue weighted by atomic mass is 10.2. The fourth-order valence-corrected chi connectivity index (χ4v) is 9.22. The van der Waals surface area contributed by atoms with Crippen LogP contribution in [0.25, 0.3) is 0 Å². The zero-order chi connectivity index (χ0) is 24.1. The molecule has 2 aromatic carbocycles. The molecular weight excluding hydrogens is 448 g/mol. The molecule has 0 saturated heterocycles. The minimum absolute atomic E-state index is 0.0892. The first-order valence-electron chi connectivity index (χ1n) is 11.2. The molecule has 0 atom stereocenters. The summed E-state index contributed by atoms with van der Waals surface area (Å²) in [6.07, 6.45) is -0.444. The van der Waals surface area contributed by atoms with Gasteiger partial charge >= 0.3 is 6.09 Å². The van der Waals surface area contributed by atoms with Crippen molar-refractivity contribution in [2.75, 3.05) is 0 Å². The number of ether oxygens (including phenoxy) is 1. The highest BCUT2D eigenvalue weighted by Crippen LogP contribution is 2.37. The molecule has 0 spiro atoms. The normalized spacial score (nSPS) is 12.4. The zero-order valence-electron chi connectivity index (χ0n) is 20.3. The van der Waals surface area contributed by atoms with Crippen molar-refractivity contribution in [1.29, 1.82) is 0 Å². The molecule has 33 heavy (non-hydrogen) atoms. The van der Waals surface area contributed by atoms with Crippen molar-refractivity contribution in [3.8, 4) is 0 Å². The van der Waals surface area contributed by atoms with E-state index in [1.165, 1.54) is 10.4 Å². The molecule has 0 aliphatic rings. The number of alkyl carbamates (subject to hydrolysis) is 1. The Labute approximate surface area is 202 Å². The van der Waals surface area contributed by atoms with Crippen molar-refractivity contribution in [2.45, 2.75) is 65.3 Å². The van der Waals surface area contributed by atoms with Gasteiger partial charge in [-0.25, -0.2) is 9.78 Å². The van der Waals surface area contributed by atoms with Crippen molar-refractivity contribution in [1.82, 2.24) is 10.3 Å². The number of carbonyl (C=O) groups excluding carboxylic acids is 1. The summed E-state index contributed by atoms with van der Waals surface area (Å²) >= 11 is 1.55. The fraction of sp³-hybridized carbons (Fsp3) is 0.385. The van der Waals surface area contributed by atoms with Gasteiger partial charge in [-0.05, 0) is 36.2 Å². The van der Waals surface area contributed by atoms with Gasteiger partial charge < -0.3 is 14.5 Å². The number of rotatable bonds is 7. The zero-order valence-corrected chi connectivity index (χ0v) is 22.2. The van der Waals surface area contributed by atoms with Crippen LogP contribution < -0.4 is 15.7 Å². The molecule has 7 heteroatoms. The number of hydrogen-bond donors (Lipinski definition) is 1. The lowest BCUT2D eigenvalue weighted by molar-refractivity contribution is 0.0523. The number of aromatic nitrogens is 1. The molecule has 3 aromatic rings. The number of benzene rings is 2. The van der Waals surface area contributed by atoms with Gasteiger partial charge in [0, 0.05) is 5.38 Å². The SMILES string of the molecule is CC(C)(C)OC(=O)NCc1csc(CO[Si](c2ccccc2)(c2ccccc2)C(C)(C)C)n1. The summed E-state index contributed by atoms with van der Waals surface area (Å²) in [4.78, 5) is 16.6. The van der Waals surface area contributed by atoms with Gasteiger partial charge in [0.15, 0.2) is 0 Å². The number of amides is 1. The summed E-state index contributed by atoms with van der Waals surface area (Å²) in [5.41, 5.74) is 0.271. The Morgan fingerprint density at radius 3 is 1.97 bits per heavy atom. The summed E-state index contributed by atoms with van der Waals surface area (Å²) in [5, 5.41) is 8.02. The minimum atomic E-state index is -2.61. The smallest absolute Gasteiger partial charge is 0.407 e. The highest BCUT2D eigenvalue weighted by molar-refractivity contribution is 7.09. The summed E-state index contributed by atoms with van der Waals surface area (Å²) in [6.45, 7) is 13.1. The van der Waals surface area contributed by atoms with Gasteiger partial charge in [-0.3, -0.25) is 0 Å². The summed E-state index contributed by atoms with van der Waals surface area (Å²) in [6, 6.07) is 21.1. The first kappa shape index (κ1) is 25.1. The fourth-order valence-electron chi connectivity index (χ4n) is 3.90. The summed E-state index contributed by atoms with van der Waals surface area (Å²) < 4.78 is 12.2. The molecule has 0 saturated carbocycles. The van der Waals surface area contributed by atoms with E-state index >= 15 is 0 Å². The van der Waals surface area contributed by atoms with E-state index in [0.29, 0.717) is 13.2 Å². The molecule has 0 unspecified atom stereocenters. The largest absolute Gasteiger partial charge is 0.444 e. The van der Waals surface area contributed by atoms with Crippen LogP contribution in [0.15, 0.2) is 66.0 Å². The van der Waals surface area contributed by atoms with Gasteiger partial charge in [0.2, 0.25) is 0 Å². The van der Waals surface area contributed by atoms with Crippen LogP contribution in [0, 0.1) is 0 Å². The quantitative estimate of drug-likeness (QED) is 0.468. The van der Waals surface area contributed by atoms with Crippen LogP contribution in [0.2, 0.25) is 5.04 Å². The Kier molecular flexibility index (Phi) is 7.77. The van der Waals surface area contributed by atoms with E-state index in [0.717, 1.165) is 10.7 Å². The maximum atomic E-state index is 11.9. The Bertz CT molecular complexity index is 1000. The highest BCUT2D eigenvalue weighted by atomic mass is 32.1. The van der Waals surface area contributed by atoms with Crippen LogP contribution in [0.5, 0.6) is 0 Å². The molecule has 0 radical (unpaired) electrons. The van der Waals surface area contributed by atoms with Crippen LogP contribution in [-0.4, -0.2) is 25.0 Å². The van der Waals surface area contributed by atoms with E-state index in [1.807, 2.05) is 38.3 Å². The summed E-state index contributed by atoms with van der Waals surface area (Å²) in [7, 11) is -2.61. The lowest BCUT2D eigenvalue weighted by Gasteiger charge is -2.42. The van der Waals surface area contributed by atoms with Gasteiger partial charge in [0.25, 0.3) is 8.32 Å². The number of hydrogen-bond acceptors (Lipinski definition) is 5. The third-order valence-corrected chi connectivity index (χ3v) is 11.1. The third kappa shape index (κ3) is 6.31. The van der Waals surface area contributed by atoms with Gasteiger partial charge in [-0.15, -0.1) is 11.3 Å². The van der Waals surface area contributed by atoms with Crippen LogP contribution in [-0.2, 0) is 22.3 Å². The van der Waals surface area contributed by atoms with Crippen molar-refractivity contribution in [3.63, 3.8) is 0 Å². The molecule has 0 aliphatic carbocycles. The van der Waals surface area contributed by atoms with Crippen LogP contribution in [0.3, 0.4) is 0 Å². The molecule has 1 amide bonds. The lowest BCUT2D eigenvalue weighted by Crippen LogP contribution is -2.66. The van der Waals surface area contributed by atoms with Gasteiger partial charge in [-0.1, -0.05) is 81.4 Å². The topological polar surface area (TPSA) is 60.5 Å². The number of thiazole rings is 1. The first-order valence-corrected chi connectivity index (χ1v) is 14.0. The van der Waals surface area contributed by atoms with Crippen molar-refractivity contribution in [2.24, 2.45) is 0 Å². The number of carbonyl (C=O) groups is 1. The maximum Gasteiger partial charge on any atom is 0.407 e. The molecule has 0 bridgehead atoms. The second-order valence-electron chi connectivity index (χ2n) is 10.0. The van der Waals surface area contributed by atoms with Crippen LogP contribution in [0.4, 0.5) is 4.79 Å². The highest BCUT2D eigenvalue weighted by Gasteiger charge is 2.50. The van der Waals surface area contributed by atoms with Crippen molar-refractivity contribution < 1.29 is 14.0 Å².